The van der Waals surface area contributed by atoms with E-state index in [2.05, 4.69) is 10.1 Å². The molecule has 0 aliphatic heterocycles. The molecule has 0 unspecified atom stereocenters. The molecule has 2 aromatic heterocycles. The van der Waals surface area contributed by atoms with Crippen molar-refractivity contribution < 1.29 is 9.53 Å². The van der Waals surface area contributed by atoms with E-state index in [1.54, 1.807) is 10.9 Å². The Morgan fingerprint density at radius 3 is 2.79 bits per heavy atom. The van der Waals surface area contributed by atoms with Crippen molar-refractivity contribution in [3.05, 3.63) is 35.8 Å². The lowest BCUT2D eigenvalue weighted by Crippen LogP contribution is -2.11. The molecule has 0 amide bonds. The number of pyridine rings is 1. The van der Waals surface area contributed by atoms with Crippen molar-refractivity contribution in [1.82, 2.24) is 14.8 Å². The summed E-state index contributed by atoms with van der Waals surface area (Å²) in [6.07, 6.45) is 3.25. The van der Waals surface area contributed by atoms with Crippen LogP contribution in [-0.4, -0.2) is 27.8 Å². The van der Waals surface area contributed by atoms with E-state index in [0.29, 0.717) is 23.0 Å². The molecule has 100 valence electrons. The third kappa shape index (κ3) is 2.57. The molecule has 6 heteroatoms. The first-order valence-corrected chi connectivity index (χ1v) is 5.92. The van der Waals surface area contributed by atoms with Gasteiger partial charge in [-0.3, -0.25) is 0 Å². The second-order valence-electron chi connectivity index (χ2n) is 4.47. The third-order valence-electron chi connectivity index (χ3n) is 2.71. The maximum atomic E-state index is 11.7. The Labute approximate surface area is 111 Å². The van der Waals surface area contributed by atoms with Gasteiger partial charge in [0, 0.05) is 6.20 Å². The molecule has 0 saturated carbocycles. The van der Waals surface area contributed by atoms with Gasteiger partial charge >= 0.3 is 5.97 Å². The van der Waals surface area contributed by atoms with Crippen LogP contribution in [0.15, 0.2) is 24.5 Å². The Morgan fingerprint density at radius 2 is 2.21 bits per heavy atom. The fraction of sp³-hybridized carbons (Fsp3) is 0.308. The van der Waals surface area contributed by atoms with Crippen LogP contribution in [0.4, 0.5) is 5.69 Å². The molecule has 0 spiro atoms. The number of nitrogens with two attached hydrogens (primary N) is 1. The number of esters is 1. The van der Waals surface area contributed by atoms with E-state index in [1.165, 1.54) is 19.4 Å². The Bertz CT molecular complexity index is 604. The van der Waals surface area contributed by atoms with Crippen LogP contribution in [-0.2, 0) is 4.74 Å². The monoisotopic (exact) mass is 260 g/mol. The van der Waals surface area contributed by atoms with Gasteiger partial charge in [0.25, 0.3) is 0 Å². The van der Waals surface area contributed by atoms with Gasteiger partial charge < -0.3 is 10.5 Å². The van der Waals surface area contributed by atoms with E-state index in [-0.39, 0.29) is 0 Å². The maximum absolute atomic E-state index is 11.7. The minimum atomic E-state index is -0.489. The van der Waals surface area contributed by atoms with Gasteiger partial charge in [-0.1, -0.05) is 13.8 Å². The molecule has 6 nitrogen and oxygen atoms in total. The van der Waals surface area contributed by atoms with Crippen LogP contribution in [0.5, 0.6) is 0 Å². The highest BCUT2D eigenvalue weighted by atomic mass is 16.5. The normalized spacial score (nSPS) is 10.7. The standard InChI is InChI=1S/C13H16N4O2/c1-8(2)11-4-5-17(16-11)12-10(13(18)19-3)6-9(14)7-15-12/h4-8H,14H2,1-3H3. The molecular weight excluding hydrogens is 244 g/mol. The molecule has 0 saturated heterocycles. The maximum Gasteiger partial charge on any atom is 0.341 e. The van der Waals surface area contributed by atoms with Crippen molar-refractivity contribution in [2.24, 2.45) is 0 Å². The van der Waals surface area contributed by atoms with Crippen LogP contribution in [0.25, 0.3) is 5.82 Å². The molecule has 0 radical (unpaired) electrons. The first kappa shape index (κ1) is 13.1. The van der Waals surface area contributed by atoms with Crippen LogP contribution in [0.3, 0.4) is 0 Å². The van der Waals surface area contributed by atoms with Crippen molar-refractivity contribution in [2.45, 2.75) is 19.8 Å². The Hall–Kier alpha value is -2.37. The van der Waals surface area contributed by atoms with Crippen LogP contribution in [0.2, 0.25) is 0 Å². The van der Waals surface area contributed by atoms with Gasteiger partial charge in [0.15, 0.2) is 5.82 Å². The lowest BCUT2D eigenvalue weighted by Gasteiger charge is -2.08. The number of rotatable bonds is 3. The van der Waals surface area contributed by atoms with E-state index >= 15 is 0 Å². The molecule has 0 bridgehead atoms. The number of hydrogen-bond donors (Lipinski definition) is 1. The molecule has 0 aliphatic rings. The molecule has 2 N–H and O–H groups in total. The van der Waals surface area contributed by atoms with Gasteiger partial charge in [-0.15, -0.1) is 0 Å². The van der Waals surface area contributed by atoms with Gasteiger partial charge in [0.05, 0.1) is 24.7 Å². The highest BCUT2D eigenvalue weighted by Crippen LogP contribution is 2.18. The molecule has 2 aromatic rings. The lowest BCUT2D eigenvalue weighted by molar-refractivity contribution is 0.0600. The van der Waals surface area contributed by atoms with E-state index in [4.69, 9.17) is 10.5 Å². The summed E-state index contributed by atoms with van der Waals surface area (Å²) < 4.78 is 6.29. The van der Waals surface area contributed by atoms with Crippen LogP contribution < -0.4 is 5.73 Å². The molecule has 0 atom stereocenters. The Balaban J connectivity index is 2.51. The highest BCUT2D eigenvalue weighted by Gasteiger charge is 2.16. The summed E-state index contributed by atoms with van der Waals surface area (Å²) in [5.41, 5.74) is 7.27. The second-order valence-corrected chi connectivity index (χ2v) is 4.47. The Kier molecular flexibility index (Phi) is 3.50. The van der Waals surface area contributed by atoms with E-state index in [0.717, 1.165) is 5.69 Å². The molecule has 0 aromatic carbocycles. The summed E-state index contributed by atoms with van der Waals surface area (Å²) in [5, 5.41) is 4.39. The molecule has 2 heterocycles. The van der Waals surface area contributed by atoms with Gasteiger partial charge in [-0.2, -0.15) is 5.10 Å². The van der Waals surface area contributed by atoms with Gasteiger partial charge in [0.2, 0.25) is 0 Å². The zero-order chi connectivity index (χ0) is 14.0. The van der Waals surface area contributed by atoms with Gasteiger partial charge in [-0.05, 0) is 18.1 Å². The largest absolute Gasteiger partial charge is 0.465 e. The van der Waals surface area contributed by atoms with E-state index < -0.39 is 5.97 Å². The first-order chi connectivity index (χ1) is 9.02. The topological polar surface area (TPSA) is 83.0 Å². The van der Waals surface area contributed by atoms with Crippen LogP contribution >= 0.6 is 0 Å². The number of carbonyl (C=O) groups is 1. The fourth-order valence-electron chi connectivity index (χ4n) is 1.68. The van der Waals surface area contributed by atoms with Crippen molar-refractivity contribution in [3.8, 4) is 5.82 Å². The Morgan fingerprint density at radius 1 is 1.47 bits per heavy atom. The number of hydrogen-bond acceptors (Lipinski definition) is 5. The van der Waals surface area contributed by atoms with E-state index in [1.807, 2.05) is 19.9 Å². The molecule has 19 heavy (non-hydrogen) atoms. The zero-order valence-corrected chi connectivity index (χ0v) is 11.1. The number of carbonyl (C=O) groups excluding carboxylic acids is 1. The molecule has 2 rings (SSSR count). The number of anilines is 1. The zero-order valence-electron chi connectivity index (χ0n) is 11.1. The van der Waals surface area contributed by atoms with Crippen molar-refractivity contribution in [1.29, 1.82) is 0 Å². The smallest absolute Gasteiger partial charge is 0.341 e. The van der Waals surface area contributed by atoms with Gasteiger partial charge in [-0.25, -0.2) is 14.5 Å². The predicted molar refractivity (Wildman–Crippen MR) is 71.2 cm³/mol. The molecular formula is C13H16N4O2. The quantitative estimate of drug-likeness (QED) is 0.850. The fourth-order valence-corrected chi connectivity index (χ4v) is 1.68. The number of nitrogens with zero attached hydrogens (tertiary/aromatic N) is 3. The number of aromatic nitrogens is 3. The number of ether oxygens (including phenoxy) is 1. The summed E-state index contributed by atoms with van der Waals surface area (Å²) in [7, 11) is 1.32. The van der Waals surface area contributed by atoms with Crippen molar-refractivity contribution >= 4 is 11.7 Å². The predicted octanol–water partition coefficient (Wildman–Crippen LogP) is 1.76. The lowest BCUT2D eigenvalue weighted by atomic mass is 10.1. The second kappa shape index (κ2) is 5.09. The minimum Gasteiger partial charge on any atom is -0.465 e. The number of methoxy groups -OCH3 is 1. The van der Waals surface area contributed by atoms with Gasteiger partial charge in [0.1, 0.15) is 5.56 Å². The SMILES string of the molecule is COC(=O)c1cc(N)cnc1-n1ccc(C(C)C)n1. The highest BCUT2D eigenvalue weighted by molar-refractivity contribution is 5.93. The minimum absolute atomic E-state index is 0.293. The molecule has 0 aliphatic carbocycles. The summed E-state index contributed by atoms with van der Waals surface area (Å²) in [6, 6.07) is 3.43. The summed E-state index contributed by atoms with van der Waals surface area (Å²) in [6.45, 7) is 4.09. The average Bonchev–Trinajstić information content (AvgIpc) is 2.87. The molecule has 0 fully saturated rings. The summed E-state index contributed by atoms with van der Waals surface area (Å²) in [4.78, 5) is 15.9. The first-order valence-electron chi connectivity index (χ1n) is 5.92. The third-order valence-corrected chi connectivity index (χ3v) is 2.71. The summed E-state index contributed by atoms with van der Waals surface area (Å²) in [5.74, 6) is 0.223. The summed E-state index contributed by atoms with van der Waals surface area (Å²) >= 11 is 0. The van der Waals surface area contributed by atoms with Crippen LogP contribution in [0, 0.1) is 0 Å². The number of nitrogen functional groups attached to an aromatic ring is 1. The average molecular weight is 260 g/mol. The van der Waals surface area contributed by atoms with E-state index in [9.17, 15) is 4.79 Å². The van der Waals surface area contributed by atoms with Crippen LogP contribution in [0.1, 0.15) is 35.8 Å². The van der Waals surface area contributed by atoms with Crippen molar-refractivity contribution in [2.75, 3.05) is 12.8 Å². The van der Waals surface area contributed by atoms with Crippen molar-refractivity contribution in [3.63, 3.8) is 0 Å².